The van der Waals surface area contributed by atoms with Crippen LogP contribution in [-0.4, -0.2) is 30.4 Å². The van der Waals surface area contributed by atoms with E-state index in [-0.39, 0.29) is 11.7 Å². The van der Waals surface area contributed by atoms with Gasteiger partial charge in [-0.3, -0.25) is 4.79 Å². The minimum absolute atomic E-state index is 0.0110. The van der Waals surface area contributed by atoms with Gasteiger partial charge in [-0.05, 0) is 63.5 Å². The van der Waals surface area contributed by atoms with Crippen molar-refractivity contribution in [3.8, 4) is 11.5 Å². The zero-order chi connectivity index (χ0) is 20.1. The van der Waals surface area contributed by atoms with E-state index in [2.05, 4.69) is 31.8 Å². The number of halogens is 1. The summed E-state index contributed by atoms with van der Waals surface area (Å²) in [6, 6.07) is 16.8. The molecule has 3 aromatic carbocycles. The van der Waals surface area contributed by atoms with Crippen molar-refractivity contribution in [2.75, 3.05) is 12.4 Å². The summed E-state index contributed by atoms with van der Waals surface area (Å²) in [5, 5.41) is 19.2. The zero-order valence-corrected chi connectivity index (χ0v) is 17.0. The molecule has 0 aliphatic rings. The fourth-order valence-corrected chi connectivity index (χ4v) is 3.15. The standard InChI is InChI=1S/C21H20BrN3O3/c1-13(24-17-8-7-15-5-3-4-6-16(15)11-17)21(27)25-23-12-14-9-18(22)20(26)19(10-14)28-2/h3-13,24,26H,1-2H3,(H,25,27)/b23-12+. The second-order valence-electron chi connectivity index (χ2n) is 6.22. The van der Waals surface area contributed by atoms with Crippen LogP contribution in [0.15, 0.2) is 64.2 Å². The molecule has 0 radical (unpaired) electrons. The molecular weight excluding hydrogens is 422 g/mol. The van der Waals surface area contributed by atoms with Crippen LogP contribution in [0.2, 0.25) is 0 Å². The zero-order valence-electron chi connectivity index (χ0n) is 15.4. The van der Waals surface area contributed by atoms with Gasteiger partial charge in [0.1, 0.15) is 6.04 Å². The molecule has 1 amide bonds. The largest absolute Gasteiger partial charge is 0.503 e. The maximum atomic E-state index is 12.3. The summed E-state index contributed by atoms with van der Waals surface area (Å²) in [5.41, 5.74) is 4.03. The highest BCUT2D eigenvalue weighted by Gasteiger charge is 2.12. The first-order valence-corrected chi connectivity index (χ1v) is 9.42. The first-order chi connectivity index (χ1) is 13.5. The van der Waals surface area contributed by atoms with Gasteiger partial charge < -0.3 is 15.2 Å². The van der Waals surface area contributed by atoms with Crippen LogP contribution in [0.25, 0.3) is 10.8 Å². The van der Waals surface area contributed by atoms with Crippen molar-refractivity contribution in [3.05, 3.63) is 64.6 Å². The lowest BCUT2D eigenvalue weighted by molar-refractivity contribution is -0.121. The van der Waals surface area contributed by atoms with Crippen molar-refractivity contribution in [2.24, 2.45) is 5.10 Å². The smallest absolute Gasteiger partial charge is 0.262 e. The number of anilines is 1. The molecule has 0 spiro atoms. The Morgan fingerprint density at radius 2 is 1.93 bits per heavy atom. The number of hydrogen-bond donors (Lipinski definition) is 3. The molecular formula is C21H20BrN3O3. The molecule has 6 nitrogen and oxygen atoms in total. The normalized spacial score (nSPS) is 12.1. The molecule has 28 heavy (non-hydrogen) atoms. The highest BCUT2D eigenvalue weighted by Crippen LogP contribution is 2.34. The molecule has 0 saturated heterocycles. The second-order valence-corrected chi connectivity index (χ2v) is 7.07. The predicted octanol–water partition coefficient (Wildman–Crippen LogP) is 4.27. The number of nitrogens with one attached hydrogen (secondary N) is 2. The van der Waals surface area contributed by atoms with Gasteiger partial charge in [-0.2, -0.15) is 5.10 Å². The number of ether oxygens (including phenoxy) is 1. The lowest BCUT2D eigenvalue weighted by atomic mass is 10.1. The molecule has 1 atom stereocenters. The quantitative estimate of drug-likeness (QED) is 0.394. The molecule has 0 saturated carbocycles. The molecule has 0 heterocycles. The SMILES string of the molecule is COc1cc(/C=N/NC(=O)C(C)Nc2ccc3ccccc3c2)cc(Br)c1O. The maximum absolute atomic E-state index is 12.3. The minimum atomic E-state index is -0.473. The predicted molar refractivity (Wildman–Crippen MR) is 115 cm³/mol. The number of methoxy groups -OCH3 is 1. The Morgan fingerprint density at radius 1 is 1.18 bits per heavy atom. The lowest BCUT2D eigenvalue weighted by Crippen LogP contribution is -2.34. The van der Waals surface area contributed by atoms with Crippen molar-refractivity contribution < 1.29 is 14.6 Å². The van der Waals surface area contributed by atoms with Crippen molar-refractivity contribution in [1.82, 2.24) is 5.43 Å². The van der Waals surface area contributed by atoms with E-state index in [4.69, 9.17) is 4.74 Å². The average Bonchev–Trinajstić information content (AvgIpc) is 2.70. The van der Waals surface area contributed by atoms with Gasteiger partial charge in [0.2, 0.25) is 0 Å². The van der Waals surface area contributed by atoms with E-state index in [1.807, 2.05) is 42.5 Å². The number of amides is 1. The molecule has 0 aliphatic heterocycles. The Hall–Kier alpha value is -3.06. The van der Waals surface area contributed by atoms with Gasteiger partial charge in [0, 0.05) is 5.69 Å². The van der Waals surface area contributed by atoms with Crippen LogP contribution in [0.4, 0.5) is 5.69 Å². The summed E-state index contributed by atoms with van der Waals surface area (Å²) in [7, 11) is 1.46. The number of carbonyl (C=O) groups excluding carboxylic acids is 1. The van der Waals surface area contributed by atoms with E-state index in [9.17, 15) is 9.90 Å². The summed E-state index contributed by atoms with van der Waals surface area (Å²) in [6.45, 7) is 1.76. The molecule has 3 N–H and O–H groups in total. The Balaban J connectivity index is 1.62. The lowest BCUT2D eigenvalue weighted by Gasteiger charge is -2.14. The number of rotatable bonds is 6. The third kappa shape index (κ3) is 4.61. The van der Waals surface area contributed by atoms with Gasteiger partial charge >= 0.3 is 0 Å². The molecule has 7 heteroatoms. The van der Waals surface area contributed by atoms with Gasteiger partial charge in [-0.15, -0.1) is 0 Å². The van der Waals surface area contributed by atoms with E-state index in [0.717, 1.165) is 16.5 Å². The van der Waals surface area contributed by atoms with Gasteiger partial charge in [-0.1, -0.05) is 30.3 Å². The number of hydrogen-bond acceptors (Lipinski definition) is 5. The fourth-order valence-electron chi connectivity index (χ4n) is 2.69. The molecule has 0 aliphatic carbocycles. The number of hydrazone groups is 1. The molecule has 1 unspecified atom stereocenters. The van der Waals surface area contributed by atoms with E-state index in [1.54, 1.807) is 19.1 Å². The Labute approximate surface area is 171 Å². The van der Waals surface area contributed by atoms with Crippen LogP contribution in [0.1, 0.15) is 12.5 Å². The Bertz CT molecular complexity index is 1040. The summed E-state index contributed by atoms with van der Waals surface area (Å²) in [6.07, 6.45) is 1.48. The van der Waals surface area contributed by atoms with Gasteiger partial charge in [0.15, 0.2) is 11.5 Å². The number of carbonyl (C=O) groups is 1. The van der Waals surface area contributed by atoms with Crippen LogP contribution in [-0.2, 0) is 4.79 Å². The van der Waals surface area contributed by atoms with Gasteiger partial charge in [0.05, 0.1) is 17.8 Å². The van der Waals surface area contributed by atoms with Crippen molar-refractivity contribution >= 4 is 44.5 Å². The maximum Gasteiger partial charge on any atom is 0.262 e. The number of nitrogens with zero attached hydrogens (tertiary/aromatic N) is 1. The van der Waals surface area contributed by atoms with Gasteiger partial charge in [-0.25, -0.2) is 5.43 Å². The monoisotopic (exact) mass is 441 g/mol. The molecule has 0 bridgehead atoms. The first-order valence-electron chi connectivity index (χ1n) is 8.62. The van der Waals surface area contributed by atoms with Crippen LogP contribution >= 0.6 is 15.9 Å². The summed E-state index contributed by atoms with van der Waals surface area (Å²) in [5.74, 6) is 0.0552. The molecule has 3 aromatic rings. The van der Waals surface area contributed by atoms with Gasteiger partial charge in [0.25, 0.3) is 5.91 Å². The van der Waals surface area contributed by atoms with Crippen molar-refractivity contribution in [2.45, 2.75) is 13.0 Å². The molecule has 144 valence electrons. The van der Waals surface area contributed by atoms with Crippen LogP contribution in [0.5, 0.6) is 11.5 Å². The molecule has 0 fully saturated rings. The summed E-state index contributed by atoms with van der Waals surface area (Å²) < 4.78 is 5.57. The Morgan fingerprint density at radius 3 is 2.68 bits per heavy atom. The van der Waals surface area contributed by atoms with E-state index in [0.29, 0.717) is 15.8 Å². The first kappa shape index (κ1) is 19.7. The number of phenols is 1. The van der Waals surface area contributed by atoms with E-state index >= 15 is 0 Å². The third-order valence-corrected chi connectivity index (χ3v) is 4.79. The highest BCUT2D eigenvalue weighted by atomic mass is 79.9. The molecule has 3 rings (SSSR count). The second kappa shape index (κ2) is 8.75. The van der Waals surface area contributed by atoms with Crippen LogP contribution in [0.3, 0.4) is 0 Å². The topological polar surface area (TPSA) is 83.0 Å². The van der Waals surface area contributed by atoms with Crippen molar-refractivity contribution in [3.63, 3.8) is 0 Å². The van der Waals surface area contributed by atoms with E-state index in [1.165, 1.54) is 13.3 Å². The van der Waals surface area contributed by atoms with Crippen LogP contribution in [0, 0.1) is 0 Å². The van der Waals surface area contributed by atoms with Crippen LogP contribution < -0.4 is 15.5 Å². The van der Waals surface area contributed by atoms with E-state index < -0.39 is 6.04 Å². The number of phenolic OH excluding ortho intramolecular Hbond substituents is 1. The molecule has 0 aromatic heterocycles. The third-order valence-electron chi connectivity index (χ3n) is 4.18. The minimum Gasteiger partial charge on any atom is -0.503 e. The average molecular weight is 442 g/mol. The van der Waals surface area contributed by atoms with Crippen molar-refractivity contribution in [1.29, 1.82) is 0 Å². The Kier molecular flexibility index (Phi) is 6.16. The highest BCUT2D eigenvalue weighted by molar-refractivity contribution is 9.10. The number of fused-ring (bicyclic) bond motifs is 1. The fraction of sp³-hybridized carbons (Fsp3) is 0.143. The summed E-state index contributed by atoms with van der Waals surface area (Å²) >= 11 is 3.25. The number of benzene rings is 3. The number of aromatic hydroxyl groups is 1. The summed E-state index contributed by atoms with van der Waals surface area (Å²) in [4.78, 5) is 12.3.